The van der Waals surface area contributed by atoms with Crippen molar-refractivity contribution in [3.05, 3.63) is 57.8 Å². The minimum atomic E-state index is -1.31. The van der Waals surface area contributed by atoms with Gasteiger partial charge in [-0.25, -0.2) is 8.78 Å². The van der Waals surface area contributed by atoms with Gasteiger partial charge in [0.2, 0.25) is 17.7 Å². The highest BCUT2D eigenvalue weighted by Gasteiger charge is 2.46. The molecular formula is C29H35F2N5O6S. The van der Waals surface area contributed by atoms with Gasteiger partial charge in [-0.3, -0.25) is 24.2 Å². The second kappa shape index (κ2) is 12.5. The molecule has 43 heavy (non-hydrogen) atoms. The molecule has 11 nitrogen and oxygen atoms in total. The Labute approximate surface area is 251 Å². The Morgan fingerprint density at radius 2 is 1.77 bits per heavy atom. The molecule has 0 saturated carbocycles. The number of hydrogen-bond acceptors (Lipinski definition) is 9. The van der Waals surface area contributed by atoms with E-state index in [9.17, 15) is 33.4 Å². The van der Waals surface area contributed by atoms with E-state index in [0.717, 1.165) is 17.0 Å². The number of benzene rings is 1. The number of carbonyl (C=O) groups is 3. The van der Waals surface area contributed by atoms with Gasteiger partial charge in [0, 0.05) is 56.7 Å². The quantitative estimate of drug-likeness (QED) is 0.370. The van der Waals surface area contributed by atoms with Crippen molar-refractivity contribution in [3.8, 4) is 0 Å². The number of amides is 3. The molecule has 2 aromatic rings. The molecule has 0 unspecified atom stereocenters. The first-order valence-corrected chi connectivity index (χ1v) is 15.4. The minimum Gasteiger partial charge on any atom is -0.388 e. The largest absolute Gasteiger partial charge is 0.388 e. The maximum absolute atomic E-state index is 14.0. The molecule has 4 fully saturated rings. The Bertz CT molecular complexity index is 1350. The van der Waals surface area contributed by atoms with Gasteiger partial charge in [0.05, 0.1) is 18.6 Å². The molecular weight excluding hydrogens is 584 g/mol. The van der Waals surface area contributed by atoms with E-state index in [4.69, 9.17) is 4.74 Å². The fraction of sp³-hybridized carbons (Fsp3) is 0.552. The first kappa shape index (κ1) is 30.0. The van der Waals surface area contributed by atoms with Gasteiger partial charge in [0.1, 0.15) is 24.4 Å². The number of halogens is 2. The molecule has 4 aliphatic heterocycles. The predicted molar refractivity (Wildman–Crippen MR) is 151 cm³/mol. The zero-order valence-corrected chi connectivity index (χ0v) is 24.2. The number of thiophene rings is 1. The third-order valence-electron chi connectivity index (χ3n) is 8.79. The van der Waals surface area contributed by atoms with Crippen LogP contribution in [0.2, 0.25) is 0 Å². The van der Waals surface area contributed by atoms with Crippen LogP contribution in [-0.2, 0) is 32.2 Å². The molecule has 0 spiro atoms. The van der Waals surface area contributed by atoms with Crippen molar-refractivity contribution in [1.82, 2.24) is 25.3 Å². The van der Waals surface area contributed by atoms with Gasteiger partial charge in [0.25, 0.3) is 0 Å². The minimum absolute atomic E-state index is 0.0635. The van der Waals surface area contributed by atoms with Crippen LogP contribution in [0, 0.1) is 11.6 Å². The average Bonchev–Trinajstić information content (AvgIpc) is 3.70. The van der Waals surface area contributed by atoms with Gasteiger partial charge in [-0.15, -0.1) is 11.3 Å². The van der Waals surface area contributed by atoms with Gasteiger partial charge in [-0.1, -0.05) is 12.1 Å². The highest BCUT2D eigenvalue weighted by Crippen LogP contribution is 2.28. The second-order valence-electron chi connectivity index (χ2n) is 11.7. The fourth-order valence-corrected chi connectivity index (χ4v) is 7.27. The second-order valence-corrected chi connectivity index (χ2v) is 12.7. The molecule has 1 aromatic heterocycles. The lowest BCUT2D eigenvalue weighted by Crippen LogP contribution is -2.62. The lowest BCUT2D eigenvalue weighted by Gasteiger charge is -2.42. The topological polar surface area (TPSA) is 135 Å². The summed E-state index contributed by atoms with van der Waals surface area (Å²) >= 11 is 1.58. The summed E-state index contributed by atoms with van der Waals surface area (Å²) in [5.41, 5.74) is 0.482. The molecule has 0 radical (unpaired) electrons. The molecule has 4 aliphatic rings. The van der Waals surface area contributed by atoms with Crippen LogP contribution in [0.3, 0.4) is 0 Å². The van der Waals surface area contributed by atoms with E-state index >= 15 is 0 Å². The van der Waals surface area contributed by atoms with E-state index < -0.39 is 54.0 Å². The van der Waals surface area contributed by atoms with Gasteiger partial charge < -0.3 is 30.5 Å². The number of piperazine rings is 1. The van der Waals surface area contributed by atoms with Crippen molar-refractivity contribution in [2.24, 2.45) is 0 Å². The van der Waals surface area contributed by atoms with Gasteiger partial charge in [0.15, 0.2) is 11.6 Å². The summed E-state index contributed by atoms with van der Waals surface area (Å²) in [6.07, 6.45) is -4.33. The third kappa shape index (κ3) is 6.44. The number of rotatable bonds is 4. The van der Waals surface area contributed by atoms with Gasteiger partial charge in [-0.05, 0) is 35.6 Å². The Morgan fingerprint density at radius 1 is 0.953 bits per heavy atom. The molecule has 14 heteroatoms. The summed E-state index contributed by atoms with van der Waals surface area (Å²) in [7, 11) is 0. The number of nitrogens with zero attached hydrogens (tertiary/aromatic N) is 3. The molecule has 1 aromatic carbocycles. The van der Waals surface area contributed by atoms with Crippen LogP contribution in [0.5, 0.6) is 0 Å². The Balaban J connectivity index is 1.27. The average molecular weight is 620 g/mol. The number of ether oxygens (including phenoxy) is 1. The summed E-state index contributed by atoms with van der Waals surface area (Å²) in [6, 6.07) is 5.87. The van der Waals surface area contributed by atoms with Crippen molar-refractivity contribution < 1.29 is 38.1 Å². The number of aliphatic hydroxyl groups is 2. The van der Waals surface area contributed by atoms with Crippen LogP contribution in [0.4, 0.5) is 8.78 Å². The molecule has 6 rings (SSSR count). The predicted octanol–water partition coefficient (Wildman–Crippen LogP) is -0.192. The molecule has 5 heterocycles. The van der Waals surface area contributed by atoms with Gasteiger partial charge >= 0.3 is 0 Å². The molecule has 7 atom stereocenters. The van der Waals surface area contributed by atoms with Crippen molar-refractivity contribution in [2.75, 3.05) is 32.7 Å². The lowest BCUT2D eigenvalue weighted by atomic mass is 10.0. The van der Waals surface area contributed by atoms with Crippen LogP contribution >= 0.6 is 11.3 Å². The number of aliphatic hydroxyl groups excluding tert-OH is 2. The molecule has 232 valence electrons. The molecule has 4 N–H and O–H groups in total. The van der Waals surface area contributed by atoms with Crippen molar-refractivity contribution in [3.63, 3.8) is 0 Å². The number of carbonyl (C=O) groups excluding carboxylic acids is 3. The summed E-state index contributed by atoms with van der Waals surface area (Å²) in [6.45, 7) is 1.70. The SMILES string of the molecule is O=C1C[C@@H]2O[C@H](CNC(=O)[C@@H]3CN(CCN3Cc3ccc(F)c(F)c3)C(=O)[C@@H]3C[C@@H](CN3Cc3cccs3)N1)[C@@H](O)[C@H]2O. The van der Waals surface area contributed by atoms with E-state index in [1.807, 2.05) is 27.3 Å². The Morgan fingerprint density at radius 3 is 2.53 bits per heavy atom. The van der Waals surface area contributed by atoms with E-state index in [-0.39, 0.29) is 43.9 Å². The highest BCUT2D eigenvalue weighted by molar-refractivity contribution is 7.09. The summed E-state index contributed by atoms with van der Waals surface area (Å²) in [4.78, 5) is 47.2. The third-order valence-corrected chi connectivity index (χ3v) is 9.65. The normalized spacial score (nSPS) is 32.6. The smallest absolute Gasteiger partial charge is 0.240 e. The molecule has 3 amide bonds. The van der Waals surface area contributed by atoms with Crippen molar-refractivity contribution in [2.45, 2.75) is 68.5 Å². The highest BCUT2D eigenvalue weighted by atomic mass is 32.1. The summed E-state index contributed by atoms with van der Waals surface area (Å²) in [5.74, 6) is -2.87. The molecule has 6 bridgehead atoms. The van der Waals surface area contributed by atoms with Crippen LogP contribution in [-0.4, -0.2) is 118 Å². The molecule has 4 saturated heterocycles. The zero-order valence-electron chi connectivity index (χ0n) is 23.4. The number of fused-ring (bicyclic) bond motifs is 6. The number of hydrogen-bond donors (Lipinski definition) is 4. The Kier molecular flexibility index (Phi) is 8.76. The summed E-state index contributed by atoms with van der Waals surface area (Å²) < 4.78 is 33.3. The Hall–Kier alpha value is -3.01. The summed E-state index contributed by atoms with van der Waals surface area (Å²) in [5, 5.41) is 28.9. The monoisotopic (exact) mass is 619 g/mol. The van der Waals surface area contributed by atoms with Crippen LogP contribution in [0.15, 0.2) is 35.7 Å². The first-order valence-electron chi connectivity index (χ1n) is 14.5. The van der Waals surface area contributed by atoms with E-state index in [1.54, 1.807) is 16.2 Å². The number of nitrogens with one attached hydrogen (secondary N) is 2. The maximum atomic E-state index is 14.0. The van der Waals surface area contributed by atoms with Crippen LogP contribution in [0.1, 0.15) is 23.3 Å². The van der Waals surface area contributed by atoms with E-state index in [2.05, 4.69) is 10.6 Å². The van der Waals surface area contributed by atoms with Gasteiger partial charge in [-0.2, -0.15) is 0 Å². The van der Waals surface area contributed by atoms with Crippen LogP contribution in [0.25, 0.3) is 0 Å². The van der Waals surface area contributed by atoms with Crippen molar-refractivity contribution >= 4 is 29.1 Å². The first-order chi connectivity index (χ1) is 20.7. The van der Waals surface area contributed by atoms with Crippen LogP contribution < -0.4 is 10.6 Å². The zero-order chi connectivity index (χ0) is 30.2. The number of likely N-dealkylation sites (tertiary alicyclic amines) is 1. The standard InChI is InChI=1S/C29H35F2N5O6S/c30-19-4-3-16(8-20(19)31)12-34-5-6-35-15-22(34)28(40)32-11-24-27(39)26(38)23(42-24)10-25(37)33-17-9-21(29(35)41)36(13-17)14-18-2-1-7-43-18/h1-4,7-8,17,21-24,26-27,38-39H,5-6,9-15H2,(H,32,40)(H,33,37)/t17-,21-,22-,23-,24+,26-,27+/m0/s1. The maximum Gasteiger partial charge on any atom is 0.240 e. The van der Waals surface area contributed by atoms with E-state index in [1.165, 1.54) is 6.07 Å². The van der Waals surface area contributed by atoms with Crippen molar-refractivity contribution in [1.29, 1.82) is 0 Å². The lowest BCUT2D eigenvalue weighted by molar-refractivity contribution is -0.142. The van der Waals surface area contributed by atoms with E-state index in [0.29, 0.717) is 38.2 Å². The molecule has 0 aliphatic carbocycles. The fourth-order valence-electron chi connectivity index (χ4n) is 6.54.